The highest BCUT2D eigenvalue weighted by Gasteiger charge is 2.10. The average Bonchev–Trinajstić information content (AvgIpc) is 3.08. The molecule has 0 radical (unpaired) electrons. The van der Waals surface area contributed by atoms with Crippen LogP contribution in [0.2, 0.25) is 0 Å². The Bertz CT molecular complexity index is 478. The molecule has 0 bridgehead atoms. The van der Waals surface area contributed by atoms with E-state index in [0.29, 0.717) is 6.04 Å². The van der Waals surface area contributed by atoms with E-state index in [-0.39, 0.29) is 0 Å². The summed E-state index contributed by atoms with van der Waals surface area (Å²) in [7, 11) is 0. The maximum atomic E-state index is 3.70. The van der Waals surface area contributed by atoms with E-state index in [2.05, 4.69) is 57.8 Å². The van der Waals surface area contributed by atoms with Gasteiger partial charge in [-0.15, -0.1) is 22.7 Å². The van der Waals surface area contributed by atoms with Gasteiger partial charge in [-0.3, -0.25) is 0 Å². The van der Waals surface area contributed by atoms with Crippen LogP contribution in [0.4, 0.5) is 0 Å². The van der Waals surface area contributed by atoms with Crippen molar-refractivity contribution in [2.75, 3.05) is 6.54 Å². The molecule has 2 rings (SSSR count). The minimum Gasteiger partial charge on any atom is -0.314 e. The molecule has 1 unspecified atom stereocenters. The van der Waals surface area contributed by atoms with Crippen molar-refractivity contribution in [1.82, 2.24) is 5.32 Å². The van der Waals surface area contributed by atoms with Crippen molar-refractivity contribution in [2.24, 2.45) is 0 Å². The Morgan fingerprint density at radius 3 is 2.80 bits per heavy atom. The van der Waals surface area contributed by atoms with E-state index >= 15 is 0 Å². The van der Waals surface area contributed by atoms with Crippen molar-refractivity contribution in [3.63, 3.8) is 0 Å². The quantitative estimate of drug-likeness (QED) is 0.612. The number of aryl methyl sites for hydroxylation is 1. The number of halogens is 1. The molecule has 20 heavy (non-hydrogen) atoms. The molecule has 110 valence electrons. The van der Waals surface area contributed by atoms with Crippen LogP contribution >= 0.6 is 38.6 Å². The second-order valence-electron chi connectivity index (χ2n) is 5.03. The highest BCUT2D eigenvalue weighted by Crippen LogP contribution is 2.24. The van der Waals surface area contributed by atoms with Crippen LogP contribution in [-0.4, -0.2) is 12.6 Å². The van der Waals surface area contributed by atoms with Crippen molar-refractivity contribution in [3.8, 4) is 0 Å². The maximum Gasteiger partial charge on any atom is 0.0701 e. The summed E-state index contributed by atoms with van der Waals surface area (Å²) in [6.07, 6.45) is 6.11. The molecular formula is C16H22BrNS2. The van der Waals surface area contributed by atoms with E-state index in [1.54, 1.807) is 0 Å². The van der Waals surface area contributed by atoms with E-state index < -0.39 is 0 Å². The highest BCUT2D eigenvalue weighted by atomic mass is 79.9. The van der Waals surface area contributed by atoms with E-state index in [9.17, 15) is 0 Å². The van der Waals surface area contributed by atoms with Crippen LogP contribution in [0.15, 0.2) is 33.4 Å². The van der Waals surface area contributed by atoms with Gasteiger partial charge in [0.15, 0.2) is 0 Å². The summed E-state index contributed by atoms with van der Waals surface area (Å²) in [5.41, 5.74) is 0. The smallest absolute Gasteiger partial charge is 0.0701 e. The van der Waals surface area contributed by atoms with Gasteiger partial charge in [0.25, 0.3) is 0 Å². The van der Waals surface area contributed by atoms with Crippen molar-refractivity contribution in [1.29, 1.82) is 0 Å². The number of hydrogen-bond acceptors (Lipinski definition) is 3. The van der Waals surface area contributed by atoms with E-state index in [1.807, 2.05) is 22.7 Å². The Kier molecular flexibility index (Phi) is 7.28. The van der Waals surface area contributed by atoms with Gasteiger partial charge in [0.2, 0.25) is 0 Å². The topological polar surface area (TPSA) is 12.0 Å². The second-order valence-corrected chi connectivity index (χ2v) is 8.61. The molecule has 1 atom stereocenters. The molecule has 2 heterocycles. The summed E-state index contributed by atoms with van der Waals surface area (Å²) in [5, 5.41) is 5.87. The molecule has 0 fully saturated rings. The molecule has 0 aromatic carbocycles. The molecule has 0 saturated heterocycles. The summed E-state index contributed by atoms with van der Waals surface area (Å²) in [6, 6.07) is 9.41. The minimum absolute atomic E-state index is 0.612. The van der Waals surface area contributed by atoms with Gasteiger partial charge in [-0.1, -0.05) is 13.0 Å². The van der Waals surface area contributed by atoms with Crippen molar-refractivity contribution in [3.05, 3.63) is 43.2 Å². The lowest BCUT2D eigenvalue weighted by atomic mass is 10.0. The zero-order valence-corrected chi connectivity index (χ0v) is 15.1. The first-order valence-corrected chi connectivity index (χ1v) is 9.77. The largest absolute Gasteiger partial charge is 0.314 e. The first-order valence-electron chi connectivity index (χ1n) is 7.28. The maximum absolute atomic E-state index is 3.70. The van der Waals surface area contributed by atoms with Gasteiger partial charge in [-0.2, -0.15) is 0 Å². The van der Waals surface area contributed by atoms with E-state index in [4.69, 9.17) is 0 Å². The van der Waals surface area contributed by atoms with Crippen LogP contribution < -0.4 is 5.32 Å². The summed E-state index contributed by atoms with van der Waals surface area (Å²) in [5.74, 6) is 0. The third kappa shape index (κ3) is 5.68. The lowest BCUT2D eigenvalue weighted by molar-refractivity contribution is 0.467. The zero-order chi connectivity index (χ0) is 14.2. The predicted octanol–water partition coefficient (Wildman–Crippen LogP) is 5.51. The molecule has 0 aliphatic heterocycles. The van der Waals surface area contributed by atoms with Crippen LogP contribution in [0, 0.1) is 0 Å². The van der Waals surface area contributed by atoms with Crippen molar-refractivity contribution >= 4 is 38.6 Å². The van der Waals surface area contributed by atoms with Gasteiger partial charge in [0.05, 0.1) is 3.79 Å². The van der Waals surface area contributed by atoms with Crippen LogP contribution in [0.25, 0.3) is 0 Å². The average molecular weight is 372 g/mol. The predicted molar refractivity (Wildman–Crippen MR) is 95.1 cm³/mol. The number of nitrogens with one attached hydrogen (secondary N) is 1. The van der Waals surface area contributed by atoms with Gasteiger partial charge < -0.3 is 5.32 Å². The zero-order valence-electron chi connectivity index (χ0n) is 11.9. The molecule has 0 aliphatic rings. The molecule has 0 saturated carbocycles. The first kappa shape index (κ1) is 16.2. The number of rotatable bonds is 9. The normalized spacial score (nSPS) is 12.7. The Morgan fingerprint density at radius 1 is 1.25 bits per heavy atom. The molecule has 0 amide bonds. The summed E-state index contributed by atoms with van der Waals surface area (Å²) < 4.78 is 1.24. The van der Waals surface area contributed by atoms with Crippen LogP contribution in [0.3, 0.4) is 0 Å². The Balaban J connectivity index is 1.79. The number of hydrogen-bond donors (Lipinski definition) is 1. The standard InChI is InChI=1S/C16H22BrNS2/c1-2-10-18-13(12-15-8-9-16(17)20-15)5-3-6-14-7-4-11-19-14/h4,7-9,11,13,18H,2-3,5-6,10,12H2,1H3. The molecule has 0 spiro atoms. The first-order chi connectivity index (χ1) is 9.78. The van der Waals surface area contributed by atoms with Crippen molar-refractivity contribution in [2.45, 2.75) is 45.1 Å². The van der Waals surface area contributed by atoms with Gasteiger partial charge in [0, 0.05) is 15.8 Å². The second kappa shape index (κ2) is 8.98. The van der Waals surface area contributed by atoms with Crippen LogP contribution in [0.5, 0.6) is 0 Å². The fourth-order valence-corrected chi connectivity index (χ4v) is 4.62. The summed E-state index contributed by atoms with van der Waals surface area (Å²) >= 11 is 7.29. The third-order valence-electron chi connectivity index (χ3n) is 3.32. The van der Waals surface area contributed by atoms with Gasteiger partial charge in [-0.05, 0) is 78.2 Å². The molecular weight excluding hydrogens is 350 g/mol. The van der Waals surface area contributed by atoms with Gasteiger partial charge >= 0.3 is 0 Å². The molecule has 1 nitrogen and oxygen atoms in total. The molecule has 2 aromatic rings. The fourth-order valence-electron chi connectivity index (χ4n) is 2.31. The Labute approximate surface area is 138 Å². The molecule has 1 N–H and O–H groups in total. The van der Waals surface area contributed by atoms with Crippen molar-refractivity contribution < 1.29 is 0 Å². The Morgan fingerprint density at radius 2 is 2.15 bits per heavy atom. The lowest BCUT2D eigenvalue weighted by Crippen LogP contribution is -2.31. The summed E-state index contributed by atoms with van der Waals surface area (Å²) in [4.78, 5) is 2.99. The molecule has 2 aromatic heterocycles. The monoisotopic (exact) mass is 371 g/mol. The fraction of sp³-hybridized carbons (Fsp3) is 0.500. The van der Waals surface area contributed by atoms with E-state index in [0.717, 1.165) is 13.0 Å². The van der Waals surface area contributed by atoms with Gasteiger partial charge in [-0.25, -0.2) is 0 Å². The van der Waals surface area contributed by atoms with Crippen LogP contribution in [-0.2, 0) is 12.8 Å². The van der Waals surface area contributed by atoms with E-state index in [1.165, 1.54) is 39.2 Å². The lowest BCUT2D eigenvalue weighted by Gasteiger charge is -2.17. The van der Waals surface area contributed by atoms with Gasteiger partial charge in [0.1, 0.15) is 0 Å². The number of thiophene rings is 2. The Hall–Kier alpha value is -0.160. The summed E-state index contributed by atoms with van der Waals surface area (Å²) in [6.45, 7) is 3.35. The minimum atomic E-state index is 0.612. The molecule has 0 aliphatic carbocycles. The SMILES string of the molecule is CCCNC(CCCc1cccs1)Cc1ccc(Br)s1. The third-order valence-corrected chi connectivity index (χ3v) is 5.90. The highest BCUT2D eigenvalue weighted by molar-refractivity contribution is 9.11. The molecule has 4 heteroatoms. The van der Waals surface area contributed by atoms with Crippen LogP contribution in [0.1, 0.15) is 35.9 Å².